The normalized spacial score (nSPS) is 10.7. The fourth-order valence-corrected chi connectivity index (χ4v) is 2.15. The first kappa shape index (κ1) is 20.8. The summed E-state index contributed by atoms with van der Waals surface area (Å²) in [5, 5.41) is 2.73. The minimum atomic E-state index is -4.73. The van der Waals surface area contributed by atoms with E-state index >= 15 is 0 Å². The molecule has 0 radical (unpaired) electrons. The minimum absolute atomic E-state index is 0. The van der Waals surface area contributed by atoms with Crippen molar-refractivity contribution in [2.75, 3.05) is 6.54 Å². The van der Waals surface area contributed by atoms with Crippen molar-refractivity contribution < 1.29 is 22.7 Å². The van der Waals surface area contributed by atoms with Crippen LogP contribution in [-0.4, -0.2) is 18.8 Å². The smallest absolute Gasteiger partial charge is 0.406 e. The van der Waals surface area contributed by atoms with Gasteiger partial charge in [-0.25, -0.2) is 0 Å². The summed E-state index contributed by atoms with van der Waals surface area (Å²) in [7, 11) is 0. The van der Waals surface area contributed by atoms with Gasteiger partial charge >= 0.3 is 6.36 Å². The zero-order valence-corrected chi connectivity index (χ0v) is 14.0. The number of halogens is 4. The quantitative estimate of drug-likeness (QED) is 0.811. The van der Waals surface area contributed by atoms with Gasteiger partial charge in [0.2, 0.25) is 5.91 Å². The van der Waals surface area contributed by atoms with Crippen LogP contribution in [0.1, 0.15) is 12.0 Å². The lowest BCUT2D eigenvalue weighted by atomic mass is 10.0. The molecule has 0 aliphatic carbocycles. The fraction of sp³-hybridized carbons (Fsp3) is 0.235. The number of hydrogen-bond acceptors (Lipinski definition) is 3. The van der Waals surface area contributed by atoms with Crippen molar-refractivity contribution in [3.63, 3.8) is 0 Å². The van der Waals surface area contributed by atoms with Crippen molar-refractivity contribution in [1.82, 2.24) is 5.32 Å². The summed E-state index contributed by atoms with van der Waals surface area (Å²) in [6, 6.07) is 12.9. The predicted molar refractivity (Wildman–Crippen MR) is 91.3 cm³/mol. The summed E-state index contributed by atoms with van der Waals surface area (Å²) in [6.45, 7) is 0.600. The SMILES string of the molecule is Cl.NCCC(=O)NCc1cccc(-c2cccc(OC(F)(F)F)c2)c1. The molecule has 0 fully saturated rings. The molecule has 8 heteroatoms. The van der Waals surface area contributed by atoms with Gasteiger partial charge in [0.05, 0.1) is 0 Å². The Labute approximate surface area is 149 Å². The molecule has 0 aromatic heterocycles. The third-order valence-electron chi connectivity index (χ3n) is 3.19. The molecule has 4 nitrogen and oxygen atoms in total. The second kappa shape index (κ2) is 9.29. The monoisotopic (exact) mass is 374 g/mol. The lowest BCUT2D eigenvalue weighted by Gasteiger charge is -2.11. The highest BCUT2D eigenvalue weighted by molar-refractivity contribution is 5.85. The van der Waals surface area contributed by atoms with Crippen molar-refractivity contribution >= 4 is 18.3 Å². The van der Waals surface area contributed by atoms with Crippen molar-refractivity contribution in [3.8, 4) is 16.9 Å². The van der Waals surface area contributed by atoms with Gasteiger partial charge in [-0.2, -0.15) is 0 Å². The Balaban J connectivity index is 0.00000312. The Bertz CT molecular complexity index is 708. The molecule has 0 heterocycles. The predicted octanol–water partition coefficient (Wildman–Crippen LogP) is 3.64. The van der Waals surface area contributed by atoms with E-state index in [9.17, 15) is 18.0 Å². The number of benzene rings is 2. The summed E-state index contributed by atoms with van der Waals surface area (Å²) >= 11 is 0. The molecule has 0 saturated heterocycles. The van der Waals surface area contributed by atoms with Gasteiger partial charge in [-0.3, -0.25) is 4.79 Å². The van der Waals surface area contributed by atoms with E-state index in [0.717, 1.165) is 11.1 Å². The van der Waals surface area contributed by atoms with Crippen LogP contribution in [0.4, 0.5) is 13.2 Å². The standard InChI is InChI=1S/C17H17F3N2O2.ClH/c18-17(19,20)24-15-6-2-5-14(10-15)13-4-1-3-12(9-13)11-22-16(23)7-8-21;/h1-6,9-10H,7-8,11,21H2,(H,22,23);1H. The highest BCUT2D eigenvalue weighted by Gasteiger charge is 2.31. The molecule has 1 amide bonds. The van der Waals surface area contributed by atoms with E-state index in [4.69, 9.17) is 5.73 Å². The number of rotatable bonds is 6. The minimum Gasteiger partial charge on any atom is -0.406 e. The second-order valence-electron chi connectivity index (χ2n) is 5.09. The average Bonchev–Trinajstić information content (AvgIpc) is 2.52. The number of amides is 1. The van der Waals surface area contributed by atoms with E-state index in [0.29, 0.717) is 12.1 Å². The average molecular weight is 375 g/mol. The molecule has 2 aromatic carbocycles. The van der Waals surface area contributed by atoms with Crippen LogP contribution in [0.15, 0.2) is 48.5 Å². The molecule has 0 spiro atoms. The number of alkyl halides is 3. The molecule has 0 unspecified atom stereocenters. The summed E-state index contributed by atoms with van der Waals surface area (Å²) < 4.78 is 40.9. The number of hydrogen-bond donors (Lipinski definition) is 2. The fourth-order valence-electron chi connectivity index (χ4n) is 2.15. The van der Waals surface area contributed by atoms with Crippen LogP contribution >= 0.6 is 12.4 Å². The lowest BCUT2D eigenvalue weighted by Crippen LogP contribution is -2.24. The molecule has 0 aliphatic rings. The van der Waals surface area contributed by atoms with Crippen molar-refractivity contribution in [1.29, 1.82) is 0 Å². The molecule has 0 aliphatic heterocycles. The molecule has 2 rings (SSSR count). The first-order chi connectivity index (χ1) is 11.4. The van der Waals surface area contributed by atoms with E-state index < -0.39 is 6.36 Å². The number of nitrogens with one attached hydrogen (secondary N) is 1. The number of carbonyl (C=O) groups excluding carboxylic acids is 1. The summed E-state index contributed by atoms with van der Waals surface area (Å²) in [4.78, 5) is 11.4. The second-order valence-corrected chi connectivity index (χ2v) is 5.09. The van der Waals surface area contributed by atoms with Gasteiger partial charge in [0.1, 0.15) is 5.75 Å². The zero-order valence-electron chi connectivity index (χ0n) is 13.2. The molecular weight excluding hydrogens is 357 g/mol. The van der Waals surface area contributed by atoms with Gasteiger partial charge in [-0.1, -0.05) is 30.3 Å². The number of carbonyl (C=O) groups is 1. The summed E-state index contributed by atoms with van der Waals surface area (Å²) in [6.07, 6.45) is -4.48. The first-order valence-corrected chi connectivity index (χ1v) is 7.29. The van der Waals surface area contributed by atoms with Gasteiger partial charge in [0, 0.05) is 19.5 Å². The third-order valence-corrected chi connectivity index (χ3v) is 3.19. The van der Waals surface area contributed by atoms with Crippen LogP contribution in [0.5, 0.6) is 5.75 Å². The van der Waals surface area contributed by atoms with Gasteiger partial charge in [0.25, 0.3) is 0 Å². The highest BCUT2D eigenvalue weighted by atomic mass is 35.5. The van der Waals surface area contributed by atoms with Crippen LogP contribution in [-0.2, 0) is 11.3 Å². The molecule has 0 saturated carbocycles. The zero-order chi connectivity index (χ0) is 17.6. The van der Waals surface area contributed by atoms with E-state index in [1.807, 2.05) is 6.07 Å². The van der Waals surface area contributed by atoms with Crippen molar-refractivity contribution in [2.24, 2.45) is 5.73 Å². The molecule has 3 N–H and O–H groups in total. The van der Waals surface area contributed by atoms with Gasteiger partial charge in [-0.05, 0) is 34.9 Å². The number of nitrogens with two attached hydrogens (primary N) is 1. The Morgan fingerprint density at radius 1 is 1.08 bits per heavy atom. The van der Waals surface area contributed by atoms with E-state index in [1.54, 1.807) is 24.3 Å². The number of ether oxygens (including phenoxy) is 1. The maximum absolute atomic E-state index is 12.3. The van der Waals surface area contributed by atoms with Crippen LogP contribution in [0.2, 0.25) is 0 Å². The van der Waals surface area contributed by atoms with E-state index in [1.165, 1.54) is 18.2 Å². The molecule has 2 aromatic rings. The Morgan fingerprint density at radius 3 is 2.36 bits per heavy atom. The van der Waals surface area contributed by atoms with Crippen LogP contribution < -0.4 is 15.8 Å². The van der Waals surface area contributed by atoms with Gasteiger partial charge in [-0.15, -0.1) is 25.6 Å². The van der Waals surface area contributed by atoms with Crippen LogP contribution in [0.3, 0.4) is 0 Å². The largest absolute Gasteiger partial charge is 0.573 e. The van der Waals surface area contributed by atoms with Gasteiger partial charge in [0.15, 0.2) is 0 Å². The van der Waals surface area contributed by atoms with E-state index in [-0.39, 0.29) is 37.0 Å². The summed E-state index contributed by atoms with van der Waals surface area (Å²) in [5.41, 5.74) is 7.46. The maximum Gasteiger partial charge on any atom is 0.573 e. The lowest BCUT2D eigenvalue weighted by molar-refractivity contribution is -0.274. The maximum atomic E-state index is 12.3. The Kier molecular flexibility index (Phi) is 7.73. The molecule has 0 bridgehead atoms. The van der Waals surface area contributed by atoms with E-state index in [2.05, 4.69) is 10.1 Å². The highest BCUT2D eigenvalue weighted by Crippen LogP contribution is 2.28. The molecular formula is C17H18ClF3N2O2. The molecule has 136 valence electrons. The summed E-state index contributed by atoms with van der Waals surface area (Å²) in [5.74, 6) is -0.426. The van der Waals surface area contributed by atoms with Crippen molar-refractivity contribution in [2.45, 2.75) is 19.3 Å². The first-order valence-electron chi connectivity index (χ1n) is 7.29. The Morgan fingerprint density at radius 2 is 1.72 bits per heavy atom. The topological polar surface area (TPSA) is 64.4 Å². The van der Waals surface area contributed by atoms with Crippen molar-refractivity contribution in [3.05, 3.63) is 54.1 Å². The van der Waals surface area contributed by atoms with Crippen LogP contribution in [0.25, 0.3) is 11.1 Å². The Hall–Kier alpha value is -2.25. The molecule has 0 atom stereocenters. The molecule has 25 heavy (non-hydrogen) atoms. The van der Waals surface area contributed by atoms with Gasteiger partial charge < -0.3 is 15.8 Å². The third kappa shape index (κ3) is 7.03. The van der Waals surface area contributed by atoms with Crippen LogP contribution in [0, 0.1) is 0 Å².